The molecule has 23 heavy (non-hydrogen) atoms. The minimum absolute atomic E-state index is 0.0770. The number of nitrogens with one attached hydrogen (secondary N) is 1. The van der Waals surface area contributed by atoms with Crippen LogP contribution in [0.5, 0.6) is 0 Å². The Balaban J connectivity index is 2.17. The van der Waals surface area contributed by atoms with Crippen LogP contribution in [0.4, 0.5) is 0 Å². The van der Waals surface area contributed by atoms with Gasteiger partial charge in [-0.3, -0.25) is 4.79 Å². The molecule has 0 bridgehead atoms. The van der Waals surface area contributed by atoms with E-state index in [1.165, 1.54) is 11.1 Å². The van der Waals surface area contributed by atoms with Crippen LogP contribution in [0, 0.1) is 5.92 Å². The summed E-state index contributed by atoms with van der Waals surface area (Å²) in [5.74, 6) is 0.428. The molecule has 3 nitrogen and oxygen atoms in total. The van der Waals surface area contributed by atoms with Crippen molar-refractivity contribution < 1.29 is 4.79 Å². The van der Waals surface area contributed by atoms with E-state index in [0.717, 1.165) is 23.0 Å². The second-order valence-corrected chi connectivity index (χ2v) is 6.68. The normalized spacial score (nSPS) is 18.8. The van der Waals surface area contributed by atoms with E-state index < -0.39 is 0 Å². The van der Waals surface area contributed by atoms with Crippen LogP contribution < -0.4 is 5.32 Å². The monoisotopic (exact) mass is 374 g/mol. The van der Waals surface area contributed by atoms with Gasteiger partial charge in [0.1, 0.15) is 0 Å². The van der Waals surface area contributed by atoms with Gasteiger partial charge in [0.05, 0.1) is 6.04 Å². The zero-order valence-electron chi connectivity index (χ0n) is 13.6. The van der Waals surface area contributed by atoms with Gasteiger partial charge in [0.25, 0.3) is 0 Å². The Morgan fingerprint density at radius 3 is 2.78 bits per heavy atom. The Labute approximate surface area is 146 Å². The quantitative estimate of drug-likeness (QED) is 0.568. The topological polar surface area (TPSA) is 32.3 Å². The van der Waals surface area contributed by atoms with E-state index >= 15 is 0 Å². The second-order valence-electron chi connectivity index (χ2n) is 5.76. The molecule has 0 fully saturated rings. The first-order valence-electron chi connectivity index (χ1n) is 7.85. The van der Waals surface area contributed by atoms with Gasteiger partial charge in [-0.25, -0.2) is 0 Å². The van der Waals surface area contributed by atoms with Gasteiger partial charge in [-0.1, -0.05) is 60.6 Å². The van der Waals surface area contributed by atoms with Crippen LogP contribution in [-0.2, 0) is 4.79 Å². The van der Waals surface area contributed by atoms with Crippen LogP contribution in [0.1, 0.15) is 25.8 Å². The van der Waals surface area contributed by atoms with Crippen LogP contribution in [-0.4, -0.2) is 23.9 Å². The largest absolute Gasteiger partial charge is 0.363 e. The maximum absolute atomic E-state index is 11.1. The van der Waals surface area contributed by atoms with Crippen LogP contribution >= 0.6 is 15.9 Å². The predicted molar refractivity (Wildman–Crippen MR) is 99.5 cm³/mol. The molecule has 0 radical (unpaired) electrons. The number of allylic oxidation sites excluding steroid dienone is 1. The van der Waals surface area contributed by atoms with Crippen molar-refractivity contribution in [3.05, 3.63) is 64.9 Å². The summed E-state index contributed by atoms with van der Waals surface area (Å²) < 4.78 is 1.07. The molecule has 0 saturated carbocycles. The molecule has 1 aliphatic rings. The van der Waals surface area contributed by atoms with E-state index in [1.54, 1.807) is 4.90 Å². The third kappa shape index (κ3) is 4.35. The van der Waals surface area contributed by atoms with Gasteiger partial charge in [-0.05, 0) is 35.6 Å². The van der Waals surface area contributed by atoms with E-state index in [4.69, 9.17) is 0 Å². The van der Waals surface area contributed by atoms with Gasteiger partial charge in [0, 0.05) is 22.9 Å². The Hall–Kier alpha value is -1.81. The maximum Gasteiger partial charge on any atom is 0.210 e. The first-order chi connectivity index (χ1) is 11.1. The van der Waals surface area contributed by atoms with Crippen LogP contribution in [0.25, 0.3) is 5.57 Å². The average molecular weight is 375 g/mol. The SMILES string of the molecule is C=C(N/C=C(/c1ccc(Br)cc1)C(C)CC)C1C=CCN1C=O. The molecular weight excluding hydrogens is 352 g/mol. The fourth-order valence-corrected chi connectivity index (χ4v) is 2.85. The third-order valence-corrected chi connectivity index (χ3v) is 4.75. The fourth-order valence-electron chi connectivity index (χ4n) is 2.59. The molecule has 1 aromatic carbocycles. The Morgan fingerprint density at radius 1 is 1.48 bits per heavy atom. The molecule has 4 heteroatoms. The number of nitrogens with zero attached hydrogens (tertiary/aromatic N) is 1. The molecule has 2 atom stereocenters. The summed E-state index contributed by atoms with van der Waals surface area (Å²) in [6.45, 7) is 9.12. The lowest BCUT2D eigenvalue weighted by Crippen LogP contribution is -2.33. The number of halogens is 1. The number of rotatable bonds is 7. The third-order valence-electron chi connectivity index (χ3n) is 4.22. The second kappa shape index (κ2) is 8.16. The number of carbonyl (C=O) groups is 1. The van der Waals surface area contributed by atoms with E-state index in [9.17, 15) is 4.79 Å². The van der Waals surface area contributed by atoms with Crippen molar-refractivity contribution in [1.29, 1.82) is 0 Å². The molecule has 0 spiro atoms. The number of benzene rings is 1. The zero-order chi connectivity index (χ0) is 16.8. The molecule has 2 unspecified atom stereocenters. The summed E-state index contributed by atoms with van der Waals surface area (Å²) in [5, 5.41) is 3.30. The lowest BCUT2D eigenvalue weighted by Gasteiger charge is -2.23. The Bertz CT molecular complexity index is 619. The molecule has 1 aromatic rings. The van der Waals surface area contributed by atoms with Crippen molar-refractivity contribution >= 4 is 27.9 Å². The van der Waals surface area contributed by atoms with E-state index in [2.05, 4.69) is 53.8 Å². The molecule has 0 aromatic heterocycles. The molecule has 122 valence electrons. The van der Waals surface area contributed by atoms with Crippen molar-refractivity contribution in [3.8, 4) is 0 Å². The Kier molecular flexibility index (Phi) is 6.22. The molecule has 0 saturated heterocycles. The van der Waals surface area contributed by atoms with Gasteiger partial charge >= 0.3 is 0 Å². The van der Waals surface area contributed by atoms with Gasteiger partial charge < -0.3 is 10.2 Å². The lowest BCUT2D eigenvalue weighted by atomic mass is 9.93. The van der Waals surface area contributed by atoms with E-state index in [-0.39, 0.29) is 6.04 Å². The average Bonchev–Trinajstić information content (AvgIpc) is 3.04. The van der Waals surface area contributed by atoms with Crippen molar-refractivity contribution in [2.75, 3.05) is 6.54 Å². The highest BCUT2D eigenvalue weighted by molar-refractivity contribution is 9.10. The van der Waals surface area contributed by atoms with Crippen LogP contribution in [0.15, 0.2) is 59.4 Å². The summed E-state index contributed by atoms with van der Waals surface area (Å²) in [5.41, 5.74) is 3.24. The number of hydrogen-bond acceptors (Lipinski definition) is 2. The van der Waals surface area contributed by atoms with Gasteiger partial charge in [-0.15, -0.1) is 0 Å². The summed E-state index contributed by atoms with van der Waals surface area (Å²) in [6, 6.07) is 8.24. The van der Waals surface area contributed by atoms with Gasteiger partial charge in [0.2, 0.25) is 6.41 Å². The zero-order valence-corrected chi connectivity index (χ0v) is 15.2. The molecule has 1 amide bonds. The summed E-state index contributed by atoms with van der Waals surface area (Å²) in [6.07, 6.45) is 7.93. The standard InChI is InChI=1S/C19H23BrN2O/c1-4-14(2)18(16-7-9-17(20)10-8-16)12-21-15(3)19-6-5-11-22(19)13-23/h5-10,12-14,19,21H,3-4,11H2,1-2H3/b18-12+. The molecule has 1 aliphatic heterocycles. The van der Waals surface area contributed by atoms with Crippen molar-refractivity contribution in [2.45, 2.75) is 26.3 Å². The highest BCUT2D eigenvalue weighted by Crippen LogP contribution is 2.26. The summed E-state index contributed by atoms with van der Waals surface area (Å²) >= 11 is 3.47. The number of carbonyl (C=O) groups excluding carboxylic acids is 1. The number of amides is 1. The van der Waals surface area contributed by atoms with Gasteiger partial charge in [-0.2, -0.15) is 0 Å². The minimum Gasteiger partial charge on any atom is -0.363 e. The lowest BCUT2D eigenvalue weighted by molar-refractivity contribution is -0.118. The predicted octanol–water partition coefficient (Wildman–Crippen LogP) is 4.34. The molecular formula is C19H23BrN2O. The van der Waals surface area contributed by atoms with E-state index in [1.807, 2.05) is 30.5 Å². The van der Waals surface area contributed by atoms with Crippen molar-refractivity contribution in [2.24, 2.45) is 5.92 Å². The summed E-state index contributed by atoms with van der Waals surface area (Å²) in [4.78, 5) is 12.8. The van der Waals surface area contributed by atoms with Gasteiger partial charge in [0.15, 0.2) is 0 Å². The smallest absolute Gasteiger partial charge is 0.210 e. The highest BCUT2D eigenvalue weighted by Gasteiger charge is 2.20. The van der Waals surface area contributed by atoms with Crippen molar-refractivity contribution in [3.63, 3.8) is 0 Å². The maximum atomic E-state index is 11.1. The summed E-state index contributed by atoms with van der Waals surface area (Å²) in [7, 11) is 0. The molecule has 2 rings (SSSR count). The fraction of sp³-hybridized carbons (Fsp3) is 0.316. The molecule has 1 N–H and O–H groups in total. The first kappa shape index (κ1) is 17.5. The highest BCUT2D eigenvalue weighted by atomic mass is 79.9. The number of hydrogen-bond donors (Lipinski definition) is 1. The first-order valence-corrected chi connectivity index (χ1v) is 8.65. The molecule has 0 aliphatic carbocycles. The van der Waals surface area contributed by atoms with E-state index in [0.29, 0.717) is 12.5 Å². The Morgan fingerprint density at radius 2 is 2.17 bits per heavy atom. The minimum atomic E-state index is -0.0770. The van der Waals surface area contributed by atoms with Crippen LogP contribution in [0.2, 0.25) is 0 Å². The van der Waals surface area contributed by atoms with Crippen LogP contribution in [0.3, 0.4) is 0 Å². The van der Waals surface area contributed by atoms with Crippen molar-refractivity contribution in [1.82, 2.24) is 10.2 Å². The molecule has 1 heterocycles.